The van der Waals surface area contributed by atoms with Crippen LogP contribution in [0.3, 0.4) is 0 Å². The smallest absolute Gasteiger partial charge is 0.272 e. The van der Waals surface area contributed by atoms with Gasteiger partial charge in [0.05, 0.1) is 22.2 Å². The first-order valence-corrected chi connectivity index (χ1v) is 10.6. The highest BCUT2D eigenvalue weighted by atomic mass is 32.2. The third kappa shape index (κ3) is 3.00. The number of para-hydroxylation sites is 1. The standard InChI is InChI=1S/C24H19N3O2S/c1-2-15-7-9-17(10-8-15)27-23(28)20-21(16-11-13-25-14-12-16)26-18-5-3-4-6-19(18)30-22(20)24(27)29/h3-14,21,26H,2H2,1H3/t21-/m1/s1. The fourth-order valence-electron chi connectivity index (χ4n) is 3.81. The first-order valence-electron chi connectivity index (χ1n) is 9.82. The van der Waals surface area contributed by atoms with E-state index >= 15 is 0 Å². The van der Waals surface area contributed by atoms with E-state index in [4.69, 9.17) is 0 Å². The highest BCUT2D eigenvalue weighted by Gasteiger charge is 2.45. The summed E-state index contributed by atoms with van der Waals surface area (Å²) in [6, 6.07) is 18.7. The normalized spacial score (nSPS) is 18.0. The van der Waals surface area contributed by atoms with Gasteiger partial charge in [0.15, 0.2) is 0 Å². The second kappa shape index (κ2) is 7.46. The molecule has 0 bridgehead atoms. The average molecular weight is 414 g/mol. The Morgan fingerprint density at radius 2 is 1.70 bits per heavy atom. The third-order valence-electron chi connectivity index (χ3n) is 5.41. The maximum atomic E-state index is 13.6. The van der Waals surface area contributed by atoms with Crippen LogP contribution in [0.1, 0.15) is 24.1 Å². The van der Waals surface area contributed by atoms with Crippen LogP contribution in [-0.2, 0) is 16.0 Å². The number of fused-ring (bicyclic) bond motifs is 1. The predicted molar refractivity (Wildman–Crippen MR) is 118 cm³/mol. The summed E-state index contributed by atoms with van der Waals surface area (Å²) in [5.41, 5.74) is 4.02. The summed E-state index contributed by atoms with van der Waals surface area (Å²) in [7, 11) is 0. The van der Waals surface area contributed by atoms with Crippen LogP contribution in [0, 0.1) is 0 Å². The lowest BCUT2D eigenvalue weighted by Crippen LogP contribution is -2.33. The van der Waals surface area contributed by atoms with Crippen molar-refractivity contribution in [3.8, 4) is 0 Å². The second-order valence-corrected chi connectivity index (χ2v) is 8.22. The molecule has 30 heavy (non-hydrogen) atoms. The van der Waals surface area contributed by atoms with Gasteiger partial charge in [-0.15, -0.1) is 0 Å². The molecule has 2 aliphatic rings. The van der Waals surface area contributed by atoms with Crippen LogP contribution in [0.2, 0.25) is 0 Å². The molecule has 1 atom stereocenters. The fourth-order valence-corrected chi connectivity index (χ4v) is 4.91. The topological polar surface area (TPSA) is 62.3 Å². The fraction of sp³-hybridized carbons (Fsp3) is 0.125. The Hall–Kier alpha value is -3.38. The molecule has 3 aromatic rings. The van der Waals surface area contributed by atoms with Crippen molar-refractivity contribution in [2.45, 2.75) is 24.3 Å². The van der Waals surface area contributed by atoms with Gasteiger partial charge in [0.25, 0.3) is 11.8 Å². The number of carbonyl (C=O) groups excluding carboxylic acids is 2. The Morgan fingerprint density at radius 3 is 2.43 bits per heavy atom. The molecule has 3 heterocycles. The summed E-state index contributed by atoms with van der Waals surface area (Å²) >= 11 is 1.35. The largest absolute Gasteiger partial charge is 0.373 e. The Balaban J connectivity index is 1.63. The van der Waals surface area contributed by atoms with Gasteiger partial charge in [0, 0.05) is 23.0 Å². The number of thioether (sulfide) groups is 1. The zero-order valence-electron chi connectivity index (χ0n) is 16.3. The number of amides is 2. The van der Waals surface area contributed by atoms with Crippen molar-refractivity contribution in [2.24, 2.45) is 0 Å². The molecule has 0 saturated carbocycles. The number of hydrogen-bond acceptors (Lipinski definition) is 5. The number of carbonyl (C=O) groups is 2. The molecule has 2 amide bonds. The lowest BCUT2D eigenvalue weighted by molar-refractivity contribution is -0.120. The Morgan fingerprint density at radius 1 is 0.967 bits per heavy atom. The molecule has 0 saturated heterocycles. The molecule has 6 heteroatoms. The van der Waals surface area contributed by atoms with Gasteiger partial charge < -0.3 is 5.32 Å². The quantitative estimate of drug-likeness (QED) is 0.629. The molecule has 1 aromatic heterocycles. The zero-order chi connectivity index (χ0) is 20.7. The van der Waals surface area contributed by atoms with Gasteiger partial charge in [-0.3, -0.25) is 14.6 Å². The maximum Gasteiger partial charge on any atom is 0.272 e. The summed E-state index contributed by atoms with van der Waals surface area (Å²) in [5.74, 6) is -0.560. The molecule has 148 valence electrons. The van der Waals surface area contributed by atoms with Crippen LogP contribution < -0.4 is 10.2 Å². The molecule has 0 unspecified atom stereocenters. The van der Waals surface area contributed by atoms with Gasteiger partial charge in [-0.05, 0) is 53.9 Å². The van der Waals surface area contributed by atoms with E-state index in [2.05, 4.69) is 17.2 Å². The molecule has 0 fully saturated rings. The summed E-state index contributed by atoms with van der Waals surface area (Å²) < 4.78 is 0. The van der Waals surface area contributed by atoms with Gasteiger partial charge >= 0.3 is 0 Å². The first-order chi connectivity index (χ1) is 14.7. The minimum atomic E-state index is -0.435. The Bertz CT molecular complexity index is 1170. The number of nitrogens with zero attached hydrogens (tertiary/aromatic N) is 2. The SMILES string of the molecule is CCc1ccc(N2C(=O)C3=C(C2=O)[C@@H](c2ccncc2)Nc2ccccc2S3)cc1. The summed E-state index contributed by atoms with van der Waals surface area (Å²) in [6.07, 6.45) is 4.30. The third-order valence-corrected chi connectivity index (χ3v) is 6.58. The van der Waals surface area contributed by atoms with Crippen molar-refractivity contribution < 1.29 is 9.59 Å². The molecular formula is C24H19N3O2S. The number of aryl methyl sites for hydroxylation is 1. The van der Waals surface area contributed by atoms with Crippen LogP contribution in [0.5, 0.6) is 0 Å². The van der Waals surface area contributed by atoms with Crippen molar-refractivity contribution in [2.75, 3.05) is 10.2 Å². The van der Waals surface area contributed by atoms with E-state index in [1.54, 1.807) is 12.4 Å². The van der Waals surface area contributed by atoms with E-state index < -0.39 is 6.04 Å². The van der Waals surface area contributed by atoms with Crippen molar-refractivity contribution in [1.82, 2.24) is 4.98 Å². The average Bonchev–Trinajstić information content (AvgIpc) is 2.93. The summed E-state index contributed by atoms with van der Waals surface area (Å²) in [5, 5.41) is 3.48. The van der Waals surface area contributed by atoms with E-state index in [1.165, 1.54) is 16.7 Å². The van der Waals surface area contributed by atoms with E-state index in [9.17, 15) is 9.59 Å². The van der Waals surface area contributed by atoms with Gasteiger partial charge in [0.1, 0.15) is 0 Å². The van der Waals surface area contributed by atoms with Crippen LogP contribution in [0.15, 0.2) is 88.4 Å². The number of imide groups is 1. The van der Waals surface area contributed by atoms with Crippen LogP contribution >= 0.6 is 11.8 Å². The summed E-state index contributed by atoms with van der Waals surface area (Å²) in [4.78, 5) is 33.8. The molecule has 1 N–H and O–H groups in total. The molecular weight excluding hydrogens is 394 g/mol. The highest BCUT2D eigenvalue weighted by molar-refractivity contribution is 8.04. The number of rotatable bonds is 3. The Kier molecular flexibility index (Phi) is 4.64. The van der Waals surface area contributed by atoms with Gasteiger partial charge in [0.2, 0.25) is 0 Å². The molecule has 0 radical (unpaired) electrons. The molecule has 2 aromatic carbocycles. The number of hydrogen-bond donors (Lipinski definition) is 1. The number of aromatic nitrogens is 1. The maximum absolute atomic E-state index is 13.6. The molecule has 5 rings (SSSR count). The number of anilines is 2. The number of pyridine rings is 1. The van der Waals surface area contributed by atoms with E-state index in [0.717, 1.165) is 28.1 Å². The van der Waals surface area contributed by atoms with Crippen LogP contribution in [-0.4, -0.2) is 16.8 Å². The van der Waals surface area contributed by atoms with Crippen molar-refractivity contribution >= 4 is 35.0 Å². The minimum absolute atomic E-state index is 0.276. The number of benzene rings is 2. The van der Waals surface area contributed by atoms with Gasteiger partial charge in [-0.1, -0.05) is 43.0 Å². The monoisotopic (exact) mass is 413 g/mol. The van der Waals surface area contributed by atoms with E-state index in [0.29, 0.717) is 16.2 Å². The van der Waals surface area contributed by atoms with Crippen molar-refractivity contribution in [1.29, 1.82) is 0 Å². The lowest BCUT2D eigenvalue weighted by Gasteiger charge is -2.22. The van der Waals surface area contributed by atoms with Crippen molar-refractivity contribution in [3.63, 3.8) is 0 Å². The van der Waals surface area contributed by atoms with Crippen LogP contribution in [0.25, 0.3) is 0 Å². The predicted octanol–water partition coefficient (Wildman–Crippen LogP) is 4.73. The zero-order valence-corrected chi connectivity index (χ0v) is 17.1. The minimum Gasteiger partial charge on any atom is -0.373 e. The lowest BCUT2D eigenvalue weighted by atomic mass is 9.99. The van der Waals surface area contributed by atoms with Gasteiger partial charge in [-0.25, -0.2) is 4.90 Å². The van der Waals surface area contributed by atoms with Crippen LogP contribution in [0.4, 0.5) is 11.4 Å². The number of nitrogens with one attached hydrogen (secondary N) is 1. The molecule has 5 nitrogen and oxygen atoms in total. The molecule has 0 spiro atoms. The van der Waals surface area contributed by atoms with E-state index in [-0.39, 0.29) is 11.8 Å². The van der Waals surface area contributed by atoms with Gasteiger partial charge in [-0.2, -0.15) is 0 Å². The highest BCUT2D eigenvalue weighted by Crippen LogP contribution is 2.47. The summed E-state index contributed by atoms with van der Waals surface area (Å²) in [6.45, 7) is 2.07. The van der Waals surface area contributed by atoms with Crippen molar-refractivity contribution in [3.05, 3.63) is 94.7 Å². The molecule has 2 aliphatic heterocycles. The first kappa shape index (κ1) is 18.6. The molecule has 0 aliphatic carbocycles. The second-order valence-electron chi connectivity index (χ2n) is 7.16. The van der Waals surface area contributed by atoms with E-state index in [1.807, 2.05) is 60.7 Å². The Labute approximate surface area is 178 Å².